The number of thioether (sulfide) groups is 1. The van der Waals surface area contributed by atoms with Gasteiger partial charge < -0.3 is 5.73 Å². The van der Waals surface area contributed by atoms with Crippen molar-refractivity contribution in [2.45, 2.75) is 26.2 Å². The molecule has 1 rings (SSSR count). The minimum Gasteiger partial charge on any atom is -0.382 e. The highest BCUT2D eigenvalue weighted by molar-refractivity contribution is 7.99. The summed E-state index contributed by atoms with van der Waals surface area (Å²) in [6.45, 7) is 2.14. The summed E-state index contributed by atoms with van der Waals surface area (Å²) < 4.78 is 1.11. The van der Waals surface area contributed by atoms with Gasteiger partial charge in [-0.3, -0.25) is 4.79 Å². The fraction of sp³-hybridized carbons (Fsp3) is 0.545. The van der Waals surface area contributed by atoms with Crippen molar-refractivity contribution in [2.24, 2.45) is 0 Å². The molecule has 1 aromatic heterocycles. The van der Waals surface area contributed by atoms with Gasteiger partial charge in [0.2, 0.25) is 5.91 Å². The Labute approximate surface area is 105 Å². The zero-order chi connectivity index (χ0) is 12.7. The van der Waals surface area contributed by atoms with Crippen LogP contribution in [0.1, 0.15) is 36.5 Å². The number of hydrogen-bond donors (Lipinski definition) is 1. The van der Waals surface area contributed by atoms with E-state index in [1.807, 2.05) is 6.07 Å². The van der Waals surface area contributed by atoms with Crippen molar-refractivity contribution in [3.05, 3.63) is 11.8 Å². The molecule has 0 aliphatic rings. The minimum atomic E-state index is -0.159. The third-order valence-corrected chi connectivity index (χ3v) is 3.34. The highest BCUT2D eigenvalue weighted by Gasteiger charge is 2.12. The van der Waals surface area contributed by atoms with Crippen LogP contribution in [0.25, 0.3) is 0 Å². The van der Waals surface area contributed by atoms with E-state index >= 15 is 0 Å². The topological polar surface area (TPSA) is 84.7 Å². The lowest BCUT2D eigenvalue weighted by Crippen LogP contribution is -2.15. The number of carbonyl (C=O) groups is 1. The molecule has 1 aromatic rings. The standard InChI is InChI=1S/C11H16N4OS/c1-2-3-5-17-6-4-10(16)15-11(13)9(7-12)8-14-15/h8H,2-6,13H2,1H3. The molecule has 0 amide bonds. The number of rotatable bonds is 6. The quantitative estimate of drug-likeness (QED) is 0.781. The monoisotopic (exact) mass is 252 g/mol. The normalized spacial score (nSPS) is 10.1. The van der Waals surface area contributed by atoms with E-state index in [0.29, 0.717) is 6.42 Å². The molecule has 0 aromatic carbocycles. The van der Waals surface area contributed by atoms with Gasteiger partial charge in [-0.2, -0.15) is 26.8 Å². The summed E-state index contributed by atoms with van der Waals surface area (Å²) >= 11 is 1.75. The molecule has 0 atom stereocenters. The van der Waals surface area contributed by atoms with Gasteiger partial charge >= 0.3 is 0 Å². The Morgan fingerprint density at radius 1 is 1.65 bits per heavy atom. The van der Waals surface area contributed by atoms with Crippen LogP contribution in [0, 0.1) is 11.3 Å². The molecule has 0 saturated carbocycles. The molecule has 0 aliphatic carbocycles. The van der Waals surface area contributed by atoms with Gasteiger partial charge in [0.25, 0.3) is 0 Å². The van der Waals surface area contributed by atoms with Crippen molar-refractivity contribution >= 4 is 23.5 Å². The number of nitrogens with zero attached hydrogens (tertiary/aromatic N) is 3. The third-order valence-electron chi connectivity index (χ3n) is 2.27. The zero-order valence-electron chi connectivity index (χ0n) is 9.85. The number of carbonyl (C=O) groups excluding carboxylic acids is 1. The van der Waals surface area contributed by atoms with Crippen LogP contribution in [0.4, 0.5) is 5.82 Å². The predicted octanol–water partition coefficient (Wildman–Crippen LogP) is 1.90. The molecular weight excluding hydrogens is 236 g/mol. The van der Waals surface area contributed by atoms with E-state index in [4.69, 9.17) is 11.0 Å². The van der Waals surface area contributed by atoms with E-state index in [-0.39, 0.29) is 17.3 Å². The SMILES string of the molecule is CCCCSCCC(=O)n1ncc(C#N)c1N. The second kappa shape index (κ2) is 6.97. The number of nitrogens with two attached hydrogens (primary N) is 1. The van der Waals surface area contributed by atoms with E-state index in [1.165, 1.54) is 19.0 Å². The summed E-state index contributed by atoms with van der Waals surface area (Å²) in [5, 5.41) is 12.5. The van der Waals surface area contributed by atoms with E-state index in [2.05, 4.69) is 12.0 Å². The summed E-state index contributed by atoms with van der Waals surface area (Å²) in [7, 11) is 0. The Kier molecular flexibility index (Phi) is 5.57. The predicted molar refractivity (Wildman–Crippen MR) is 68.8 cm³/mol. The molecule has 1 heterocycles. The van der Waals surface area contributed by atoms with Crippen molar-refractivity contribution in [2.75, 3.05) is 17.2 Å². The molecule has 17 heavy (non-hydrogen) atoms. The number of nitriles is 1. The van der Waals surface area contributed by atoms with Gasteiger partial charge in [-0.05, 0) is 12.2 Å². The van der Waals surface area contributed by atoms with Crippen LogP contribution >= 0.6 is 11.8 Å². The average Bonchev–Trinajstić information content (AvgIpc) is 2.70. The van der Waals surface area contributed by atoms with Gasteiger partial charge in [-0.25, -0.2) is 0 Å². The Morgan fingerprint density at radius 3 is 3.00 bits per heavy atom. The fourth-order valence-electron chi connectivity index (χ4n) is 1.26. The minimum absolute atomic E-state index is 0.135. The Balaban J connectivity index is 2.42. The Bertz CT molecular complexity index is 422. The van der Waals surface area contributed by atoms with Gasteiger partial charge in [0.15, 0.2) is 0 Å². The number of aromatic nitrogens is 2. The van der Waals surface area contributed by atoms with Crippen molar-refractivity contribution < 1.29 is 4.79 Å². The fourth-order valence-corrected chi connectivity index (χ4v) is 2.27. The molecule has 92 valence electrons. The average molecular weight is 252 g/mol. The molecular formula is C11H16N4OS. The van der Waals surface area contributed by atoms with Crippen LogP contribution in [0.3, 0.4) is 0 Å². The van der Waals surface area contributed by atoms with Gasteiger partial charge in [0.05, 0.1) is 6.20 Å². The first-order chi connectivity index (χ1) is 8.20. The van der Waals surface area contributed by atoms with E-state index in [9.17, 15) is 4.79 Å². The van der Waals surface area contributed by atoms with E-state index in [1.54, 1.807) is 11.8 Å². The van der Waals surface area contributed by atoms with E-state index in [0.717, 1.165) is 16.2 Å². The molecule has 0 unspecified atom stereocenters. The lowest BCUT2D eigenvalue weighted by Gasteiger charge is -2.02. The molecule has 6 heteroatoms. The molecule has 0 bridgehead atoms. The van der Waals surface area contributed by atoms with Crippen molar-refractivity contribution in [3.63, 3.8) is 0 Å². The maximum atomic E-state index is 11.7. The summed E-state index contributed by atoms with van der Waals surface area (Å²) in [6.07, 6.45) is 4.04. The third kappa shape index (κ3) is 3.79. The lowest BCUT2D eigenvalue weighted by atomic mass is 10.3. The number of anilines is 1. The van der Waals surface area contributed by atoms with Crippen LogP contribution in [0.5, 0.6) is 0 Å². The molecule has 0 saturated heterocycles. The van der Waals surface area contributed by atoms with Gasteiger partial charge in [-0.15, -0.1) is 0 Å². The number of hydrogen-bond acceptors (Lipinski definition) is 5. The van der Waals surface area contributed by atoms with Crippen molar-refractivity contribution in [3.8, 4) is 6.07 Å². The molecule has 0 radical (unpaired) electrons. The molecule has 2 N–H and O–H groups in total. The Hall–Kier alpha value is -1.48. The first-order valence-corrected chi connectivity index (χ1v) is 6.70. The largest absolute Gasteiger partial charge is 0.382 e. The van der Waals surface area contributed by atoms with E-state index < -0.39 is 0 Å². The van der Waals surface area contributed by atoms with Gasteiger partial charge in [0.1, 0.15) is 17.5 Å². The summed E-state index contributed by atoms with van der Waals surface area (Å²) in [5.41, 5.74) is 5.86. The second-order valence-corrected chi connectivity index (χ2v) is 4.80. The van der Waals surface area contributed by atoms with Crippen LogP contribution in [-0.4, -0.2) is 27.2 Å². The first-order valence-electron chi connectivity index (χ1n) is 5.55. The summed E-state index contributed by atoms with van der Waals surface area (Å²) in [4.78, 5) is 11.7. The van der Waals surface area contributed by atoms with Crippen LogP contribution in [0.15, 0.2) is 6.20 Å². The first kappa shape index (κ1) is 13.6. The van der Waals surface area contributed by atoms with Gasteiger partial charge in [-0.1, -0.05) is 13.3 Å². The summed E-state index contributed by atoms with van der Waals surface area (Å²) in [6, 6.07) is 1.89. The zero-order valence-corrected chi connectivity index (χ0v) is 10.7. The maximum absolute atomic E-state index is 11.7. The van der Waals surface area contributed by atoms with Crippen LogP contribution < -0.4 is 5.73 Å². The van der Waals surface area contributed by atoms with Crippen molar-refractivity contribution in [1.29, 1.82) is 5.26 Å². The molecule has 5 nitrogen and oxygen atoms in total. The van der Waals surface area contributed by atoms with Crippen LogP contribution in [0.2, 0.25) is 0 Å². The smallest absolute Gasteiger partial charge is 0.249 e. The molecule has 0 spiro atoms. The molecule has 0 fully saturated rings. The van der Waals surface area contributed by atoms with Crippen LogP contribution in [-0.2, 0) is 0 Å². The Morgan fingerprint density at radius 2 is 2.41 bits per heavy atom. The van der Waals surface area contributed by atoms with Gasteiger partial charge in [0, 0.05) is 12.2 Å². The maximum Gasteiger partial charge on any atom is 0.249 e. The lowest BCUT2D eigenvalue weighted by molar-refractivity contribution is 0.0897. The summed E-state index contributed by atoms with van der Waals surface area (Å²) in [5.74, 6) is 1.81. The highest BCUT2D eigenvalue weighted by Crippen LogP contribution is 2.12. The number of unbranched alkanes of at least 4 members (excludes halogenated alkanes) is 1. The van der Waals surface area contributed by atoms with Crippen molar-refractivity contribution in [1.82, 2.24) is 9.78 Å². The highest BCUT2D eigenvalue weighted by atomic mass is 32.2. The molecule has 0 aliphatic heterocycles. The second-order valence-electron chi connectivity index (χ2n) is 3.58. The number of nitrogen functional groups attached to an aromatic ring is 1.